The van der Waals surface area contributed by atoms with Crippen molar-refractivity contribution >= 4 is 5.91 Å². The van der Waals surface area contributed by atoms with Crippen LogP contribution in [0.1, 0.15) is 27.9 Å². The molecule has 0 bridgehead atoms. The predicted octanol–water partition coefficient (Wildman–Crippen LogP) is 3.45. The van der Waals surface area contributed by atoms with E-state index in [9.17, 15) is 18.0 Å². The van der Waals surface area contributed by atoms with Crippen molar-refractivity contribution in [2.24, 2.45) is 0 Å². The van der Waals surface area contributed by atoms with E-state index in [1.54, 1.807) is 24.5 Å². The van der Waals surface area contributed by atoms with Crippen LogP contribution in [0.5, 0.6) is 0 Å². The molecule has 7 heteroatoms. The monoisotopic (exact) mass is 363 g/mol. The third kappa shape index (κ3) is 4.60. The third-order valence-corrected chi connectivity index (χ3v) is 4.47. The summed E-state index contributed by atoms with van der Waals surface area (Å²) in [5.41, 5.74) is 0.777. The minimum Gasteiger partial charge on any atom is -0.337 e. The lowest BCUT2D eigenvalue weighted by molar-refractivity contribution is -0.137. The van der Waals surface area contributed by atoms with E-state index in [1.165, 1.54) is 12.1 Å². The van der Waals surface area contributed by atoms with Gasteiger partial charge in [0.2, 0.25) is 0 Å². The standard InChI is InChI=1S/C19H20F3N3O/c20-19(21,22)17-6-4-15(5-7-17)14-24-9-2-10-25(12-11-24)18(26)16-3-1-8-23-13-16/h1,3-8,13H,2,9-12,14H2. The smallest absolute Gasteiger partial charge is 0.337 e. The Morgan fingerprint density at radius 3 is 2.46 bits per heavy atom. The summed E-state index contributed by atoms with van der Waals surface area (Å²) < 4.78 is 37.9. The fraction of sp³-hybridized carbons (Fsp3) is 0.368. The van der Waals surface area contributed by atoms with Crippen LogP contribution in [0.15, 0.2) is 48.8 Å². The molecule has 1 aliphatic heterocycles. The number of aromatic nitrogens is 1. The molecule has 0 N–H and O–H groups in total. The van der Waals surface area contributed by atoms with Crippen LogP contribution in [0, 0.1) is 0 Å². The molecule has 0 saturated carbocycles. The van der Waals surface area contributed by atoms with E-state index < -0.39 is 11.7 Å². The number of carbonyl (C=O) groups excluding carboxylic acids is 1. The van der Waals surface area contributed by atoms with Gasteiger partial charge in [0.15, 0.2) is 0 Å². The fourth-order valence-electron chi connectivity index (χ4n) is 3.06. The number of rotatable bonds is 3. The third-order valence-electron chi connectivity index (χ3n) is 4.47. The van der Waals surface area contributed by atoms with Crippen molar-refractivity contribution in [1.82, 2.24) is 14.8 Å². The molecular formula is C19H20F3N3O. The topological polar surface area (TPSA) is 36.4 Å². The average molecular weight is 363 g/mol. The number of hydrogen-bond acceptors (Lipinski definition) is 3. The lowest BCUT2D eigenvalue weighted by Crippen LogP contribution is -2.35. The van der Waals surface area contributed by atoms with E-state index >= 15 is 0 Å². The van der Waals surface area contributed by atoms with Gasteiger partial charge < -0.3 is 4.90 Å². The van der Waals surface area contributed by atoms with Crippen LogP contribution in [0.4, 0.5) is 13.2 Å². The Morgan fingerprint density at radius 2 is 1.81 bits per heavy atom. The van der Waals surface area contributed by atoms with E-state index in [4.69, 9.17) is 0 Å². The molecule has 1 aromatic heterocycles. The van der Waals surface area contributed by atoms with Crippen LogP contribution in [0.25, 0.3) is 0 Å². The molecule has 0 spiro atoms. The van der Waals surface area contributed by atoms with E-state index in [0.717, 1.165) is 30.7 Å². The van der Waals surface area contributed by atoms with E-state index in [1.807, 2.05) is 4.90 Å². The number of benzene rings is 1. The van der Waals surface area contributed by atoms with Gasteiger partial charge in [-0.1, -0.05) is 12.1 Å². The molecule has 1 saturated heterocycles. The highest BCUT2D eigenvalue weighted by Gasteiger charge is 2.30. The lowest BCUT2D eigenvalue weighted by atomic mass is 10.1. The summed E-state index contributed by atoms with van der Waals surface area (Å²) in [5, 5.41) is 0. The molecule has 4 nitrogen and oxygen atoms in total. The zero-order valence-corrected chi connectivity index (χ0v) is 14.2. The van der Waals surface area contributed by atoms with Crippen LogP contribution in [0.2, 0.25) is 0 Å². The van der Waals surface area contributed by atoms with Crippen molar-refractivity contribution in [3.63, 3.8) is 0 Å². The van der Waals surface area contributed by atoms with Gasteiger partial charge in [-0.05, 0) is 36.2 Å². The van der Waals surface area contributed by atoms with Crippen molar-refractivity contribution in [3.05, 3.63) is 65.5 Å². The molecule has 0 atom stereocenters. The molecule has 138 valence electrons. The van der Waals surface area contributed by atoms with Crippen LogP contribution in [-0.2, 0) is 12.7 Å². The minimum absolute atomic E-state index is 0.0329. The number of alkyl halides is 3. The lowest BCUT2D eigenvalue weighted by Gasteiger charge is -2.22. The molecule has 1 aliphatic rings. The number of halogens is 3. The van der Waals surface area contributed by atoms with Gasteiger partial charge in [-0.25, -0.2) is 0 Å². The fourth-order valence-corrected chi connectivity index (χ4v) is 3.06. The van der Waals surface area contributed by atoms with Crippen molar-refractivity contribution in [2.45, 2.75) is 19.1 Å². The number of pyridine rings is 1. The molecule has 26 heavy (non-hydrogen) atoms. The van der Waals surface area contributed by atoms with E-state index in [0.29, 0.717) is 31.7 Å². The Labute approximate surface area is 150 Å². The molecule has 1 amide bonds. The van der Waals surface area contributed by atoms with E-state index in [2.05, 4.69) is 9.88 Å². The van der Waals surface area contributed by atoms with Crippen molar-refractivity contribution in [1.29, 1.82) is 0 Å². The number of amides is 1. The number of nitrogens with zero attached hydrogens (tertiary/aromatic N) is 3. The summed E-state index contributed by atoms with van der Waals surface area (Å²) in [6.07, 6.45) is -0.293. The number of carbonyl (C=O) groups is 1. The van der Waals surface area contributed by atoms with Crippen molar-refractivity contribution in [2.75, 3.05) is 26.2 Å². The Kier molecular flexibility index (Phi) is 5.56. The largest absolute Gasteiger partial charge is 0.416 e. The van der Waals surface area contributed by atoms with Gasteiger partial charge in [-0.3, -0.25) is 14.7 Å². The van der Waals surface area contributed by atoms with Crippen LogP contribution in [-0.4, -0.2) is 46.9 Å². The molecule has 3 rings (SSSR count). The van der Waals surface area contributed by atoms with E-state index in [-0.39, 0.29) is 5.91 Å². The quantitative estimate of drug-likeness (QED) is 0.838. The molecule has 1 aromatic carbocycles. The van der Waals surface area contributed by atoms with Crippen LogP contribution < -0.4 is 0 Å². The molecule has 2 heterocycles. The summed E-state index contributed by atoms with van der Waals surface area (Å²) in [5.74, 6) is -0.0329. The molecule has 1 fully saturated rings. The Morgan fingerprint density at radius 1 is 1.04 bits per heavy atom. The highest BCUT2D eigenvalue weighted by molar-refractivity contribution is 5.93. The summed E-state index contributed by atoms with van der Waals surface area (Å²) in [6, 6.07) is 8.76. The van der Waals surface area contributed by atoms with Gasteiger partial charge in [0.05, 0.1) is 11.1 Å². The van der Waals surface area contributed by atoms with Crippen LogP contribution >= 0.6 is 0 Å². The second-order valence-electron chi connectivity index (χ2n) is 6.36. The second kappa shape index (κ2) is 7.86. The summed E-state index contributed by atoms with van der Waals surface area (Å²) in [7, 11) is 0. The molecule has 0 unspecified atom stereocenters. The first kappa shape index (κ1) is 18.4. The first-order valence-electron chi connectivity index (χ1n) is 8.51. The molecular weight excluding hydrogens is 343 g/mol. The Hall–Kier alpha value is -2.41. The van der Waals surface area contributed by atoms with Crippen LogP contribution in [0.3, 0.4) is 0 Å². The van der Waals surface area contributed by atoms with Gasteiger partial charge in [0, 0.05) is 45.1 Å². The highest BCUT2D eigenvalue weighted by atomic mass is 19.4. The van der Waals surface area contributed by atoms with Gasteiger partial charge in [0.25, 0.3) is 5.91 Å². The normalized spacial score (nSPS) is 16.3. The summed E-state index contributed by atoms with van der Waals surface area (Å²) in [4.78, 5) is 20.5. The molecule has 0 aliphatic carbocycles. The van der Waals surface area contributed by atoms with Gasteiger partial charge in [-0.15, -0.1) is 0 Å². The highest BCUT2D eigenvalue weighted by Crippen LogP contribution is 2.29. The zero-order valence-electron chi connectivity index (χ0n) is 14.2. The van der Waals surface area contributed by atoms with Crippen molar-refractivity contribution < 1.29 is 18.0 Å². The first-order chi connectivity index (χ1) is 12.4. The average Bonchev–Trinajstić information content (AvgIpc) is 2.87. The Balaban J connectivity index is 1.58. The van der Waals surface area contributed by atoms with Gasteiger partial charge in [0.1, 0.15) is 0 Å². The maximum Gasteiger partial charge on any atom is 0.416 e. The van der Waals surface area contributed by atoms with Gasteiger partial charge >= 0.3 is 6.18 Å². The molecule has 0 radical (unpaired) electrons. The number of hydrogen-bond donors (Lipinski definition) is 0. The molecule has 2 aromatic rings. The first-order valence-corrected chi connectivity index (χ1v) is 8.51. The maximum absolute atomic E-state index is 12.6. The second-order valence-corrected chi connectivity index (χ2v) is 6.36. The zero-order chi connectivity index (χ0) is 18.6. The SMILES string of the molecule is O=C(c1cccnc1)N1CCCN(Cc2ccc(C(F)(F)F)cc2)CC1. The predicted molar refractivity (Wildman–Crippen MR) is 91.5 cm³/mol. The minimum atomic E-state index is -4.31. The van der Waals surface area contributed by atoms with Crippen molar-refractivity contribution in [3.8, 4) is 0 Å². The summed E-state index contributed by atoms with van der Waals surface area (Å²) in [6.45, 7) is 3.32. The van der Waals surface area contributed by atoms with Gasteiger partial charge in [-0.2, -0.15) is 13.2 Å². The maximum atomic E-state index is 12.6. The Bertz CT molecular complexity index is 732. The summed E-state index contributed by atoms with van der Waals surface area (Å²) >= 11 is 0.